The van der Waals surface area contributed by atoms with Crippen molar-refractivity contribution in [2.24, 2.45) is 0 Å². The summed E-state index contributed by atoms with van der Waals surface area (Å²) in [5, 5.41) is 6.15. The fraction of sp³-hybridized carbons (Fsp3) is 0.385. The van der Waals surface area contributed by atoms with Crippen molar-refractivity contribution in [3.05, 3.63) is 36.3 Å². The van der Waals surface area contributed by atoms with E-state index in [4.69, 9.17) is 0 Å². The molecule has 0 aliphatic carbocycles. The zero-order valence-corrected chi connectivity index (χ0v) is 13.1. The second-order valence-electron chi connectivity index (χ2n) is 4.28. The van der Waals surface area contributed by atoms with Crippen LogP contribution in [0, 0.1) is 0 Å². The molecule has 0 aromatic carbocycles. The van der Waals surface area contributed by atoms with E-state index < -0.39 is 0 Å². The molecule has 0 radical (unpaired) electrons. The van der Waals surface area contributed by atoms with Gasteiger partial charge < -0.3 is 15.0 Å². The van der Waals surface area contributed by atoms with Crippen LogP contribution in [-0.2, 0) is 0 Å². The molecule has 0 fully saturated rings. The maximum Gasteiger partial charge on any atom is 0.252 e. The number of nitrogens with zero attached hydrogens (tertiary/aromatic N) is 2. The van der Waals surface area contributed by atoms with E-state index in [0.29, 0.717) is 12.1 Å². The summed E-state index contributed by atoms with van der Waals surface area (Å²) in [5.74, 6) is -0.0599. The molecule has 2 heterocycles. The molecular weight excluding hydrogens is 299 g/mol. The van der Waals surface area contributed by atoms with E-state index in [-0.39, 0.29) is 36.8 Å². The number of hydrogen-bond acceptors (Lipinski definition) is 3. The van der Waals surface area contributed by atoms with Crippen LogP contribution in [0.25, 0.3) is 5.65 Å². The number of carbonyl (C=O) groups excluding carboxylic acids is 1. The second-order valence-corrected chi connectivity index (χ2v) is 4.28. The van der Waals surface area contributed by atoms with Crippen LogP contribution in [-0.4, -0.2) is 34.4 Å². The summed E-state index contributed by atoms with van der Waals surface area (Å²) in [7, 11) is 0. The Morgan fingerprint density at radius 3 is 2.85 bits per heavy atom. The van der Waals surface area contributed by atoms with E-state index in [0.717, 1.165) is 12.2 Å². The van der Waals surface area contributed by atoms with Crippen LogP contribution in [0.15, 0.2) is 30.7 Å². The van der Waals surface area contributed by atoms with Gasteiger partial charge in [-0.3, -0.25) is 4.79 Å². The van der Waals surface area contributed by atoms with Crippen molar-refractivity contribution in [2.75, 3.05) is 13.1 Å². The van der Waals surface area contributed by atoms with E-state index in [1.807, 2.05) is 30.5 Å². The highest BCUT2D eigenvalue weighted by molar-refractivity contribution is 5.94. The van der Waals surface area contributed by atoms with Gasteiger partial charge in [-0.2, -0.15) is 0 Å². The largest absolute Gasteiger partial charge is 0.350 e. The number of pyridine rings is 1. The lowest BCUT2D eigenvalue weighted by molar-refractivity contribution is 0.0950. The van der Waals surface area contributed by atoms with Crippen molar-refractivity contribution in [3.63, 3.8) is 0 Å². The number of nitrogens with one attached hydrogen (secondary N) is 2. The van der Waals surface area contributed by atoms with E-state index in [1.54, 1.807) is 18.5 Å². The molecule has 0 aliphatic heterocycles. The summed E-state index contributed by atoms with van der Waals surface area (Å²) in [6, 6.07) is 3.90. The smallest absolute Gasteiger partial charge is 0.252 e. The number of carbonyl (C=O) groups is 1. The molecule has 7 heteroatoms. The first kappa shape index (κ1) is 18.7. The van der Waals surface area contributed by atoms with Crippen LogP contribution in [0.3, 0.4) is 0 Å². The summed E-state index contributed by atoms with van der Waals surface area (Å²) < 4.78 is 1.84. The van der Waals surface area contributed by atoms with Crippen molar-refractivity contribution in [1.82, 2.24) is 20.0 Å². The number of amides is 1. The predicted molar refractivity (Wildman–Crippen MR) is 85.2 cm³/mol. The Morgan fingerprint density at radius 2 is 2.15 bits per heavy atom. The van der Waals surface area contributed by atoms with Crippen LogP contribution >= 0.6 is 24.8 Å². The number of aromatic nitrogens is 2. The van der Waals surface area contributed by atoms with Crippen LogP contribution in [0.5, 0.6) is 0 Å². The van der Waals surface area contributed by atoms with Gasteiger partial charge in [-0.25, -0.2) is 4.98 Å². The summed E-state index contributed by atoms with van der Waals surface area (Å²) in [6.07, 6.45) is 5.33. The molecule has 0 saturated heterocycles. The van der Waals surface area contributed by atoms with Gasteiger partial charge in [0.15, 0.2) is 0 Å². The zero-order valence-electron chi connectivity index (χ0n) is 11.5. The van der Waals surface area contributed by atoms with Crippen LogP contribution in [0.1, 0.15) is 24.2 Å². The van der Waals surface area contributed by atoms with Crippen molar-refractivity contribution in [1.29, 1.82) is 0 Å². The molecule has 0 aliphatic rings. The Hall–Kier alpha value is -1.30. The van der Waals surface area contributed by atoms with Gasteiger partial charge in [-0.1, -0.05) is 6.92 Å². The molecule has 20 heavy (non-hydrogen) atoms. The molecule has 0 saturated carbocycles. The Bertz CT molecular complexity index is 544. The molecule has 0 bridgehead atoms. The van der Waals surface area contributed by atoms with Crippen molar-refractivity contribution in [3.8, 4) is 0 Å². The fourth-order valence-electron chi connectivity index (χ4n) is 1.82. The van der Waals surface area contributed by atoms with E-state index >= 15 is 0 Å². The minimum atomic E-state index is -0.0599. The van der Waals surface area contributed by atoms with Crippen LogP contribution in [0.4, 0.5) is 0 Å². The van der Waals surface area contributed by atoms with Crippen molar-refractivity contribution >= 4 is 36.4 Å². The van der Waals surface area contributed by atoms with Crippen molar-refractivity contribution < 1.29 is 4.79 Å². The number of likely N-dealkylation sites (N-methyl/N-ethyl adjacent to an activating group) is 1. The first-order valence-electron chi connectivity index (χ1n) is 6.15. The molecule has 112 valence electrons. The highest BCUT2D eigenvalue weighted by Crippen LogP contribution is 2.04. The molecule has 1 atom stereocenters. The predicted octanol–water partition coefficient (Wildman–Crippen LogP) is 1.91. The normalized spacial score (nSPS) is 11.3. The summed E-state index contributed by atoms with van der Waals surface area (Å²) in [4.78, 5) is 16.1. The van der Waals surface area contributed by atoms with Gasteiger partial charge in [0, 0.05) is 31.2 Å². The quantitative estimate of drug-likeness (QED) is 0.885. The highest BCUT2D eigenvalue weighted by atomic mass is 35.5. The number of fused-ring (bicyclic) bond motifs is 1. The van der Waals surface area contributed by atoms with E-state index in [2.05, 4.69) is 15.6 Å². The first-order chi connectivity index (χ1) is 8.70. The third kappa shape index (κ3) is 4.67. The highest BCUT2D eigenvalue weighted by Gasteiger charge is 2.08. The van der Waals surface area contributed by atoms with Gasteiger partial charge in [0.05, 0.1) is 5.56 Å². The Kier molecular flexibility index (Phi) is 8.22. The van der Waals surface area contributed by atoms with Gasteiger partial charge in [0.25, 0.3) is 5.91 Å². The average Bonchev–Trinajstić information content (AvgIpc) is 2.83. The summed E-state index contributed by atoms with van der Waals surface area (Å²) in [5.41, 5.74) is 1.48. The Balaban J connectivity index is 0.00000180. The Labute approximate surface area is 131 Å². The molecule has 1 amide bonds. The molecule has 2 rings (SSSR count). The van der Waals surface area contributed by atoms with Gasteiger partial charge in [0.2, 0.25) is 0 Å². The molecule has 2 aromatic heterocycles. The zero-order chi connectivity index (χ0) is 13.0. The molecule has 0 unspecified atom stereocenters. The maximum absolute atomic E-state index is 11.9. The number of halogens is 2. The average molecular weight is 319 g/mol. The van der Waals surface area contributed by atoms with Gasteiger partial charge in [-0.05, 0) is 25.6 Å². The van der Waals surface area contributed by atoms with Crippen LogP contribution in [0.2, 0.25) is 0 Å². The minimum absolute atomic E-state index is 0. The van der Waals surface area contributed by atoms with Crippen LogP contribution < -0.4 is 10.6 Å². The Morgan fingerprint density at radius 1 is 1.40 bits per heavy atom. The van der Waals surface area contributed by atoms with Gasteiger partial charge >= 0.3 is 0 Å². The van der Waals surface area contributed by atoms with Gasteiger partial charge in [-0.15, -0.1) is 24.8 Å². The molecule has 5 nitrogen and oxygen atoms in total. The number of rotatable bonds is 5. The lowest BCUT2D eigenvalue weighted by atomic mass is 10.2. The lowest BCUT2D eigenvalue weighted by Gasteiger charge is -2.13. The van der Waals surface area contributed by atoms with Gasteiger partial charge in [0.1, 0.15) is 5.65 Å². The standard InChI is InChI=1S/C13H18N4O.2ClH/c1-3-14-10(2)8-16-13(18)11-4-5-12-15-6-7-17(12)9-11;;/h4-7,9-10,14H,3,8H2,1-2H3,(H,16,18);2*1H/t10-;;/m1../s1. The van der Waals surface area contributed by atoms with Crippen molar-refractivity contribution in [2.45, 2.75) is 19.9 Å². The topological polar surface area (TPSA) is 58.4 Å². The second kappa shape index (κ2) is 8.79. The van der Waals surface area contributed by atoms with E-state index in [1.165, 1.54) is 0 Å². The van der Waals surface area contributed by atoms with E-state index in [9.17, 15) is 4.79 Å². The molecule has 0 spiro atoms. The number of imidazole rings is 1. The lowest BCUT2D eigenvalue weighted by Crippen LogP contribution is -2.38. The number of hydrogen-bond donors (Lipinski definition) is 2. The minimum Gasteiger partial charge on any atom is -0.350 e. The third-order valence-corrected chi connectivity index (χ3v) is 2.77. The monoisotopic (exact) mass is 318 g/mol. The maximum atomic E-state index is 11.9. The molecule has 2 N–H and O–H groups in total. The summed E-state index contributed by atoms with van der Waals surface area (Å²) >= 11 is 0. The summed E-state index contributed by atoms with van der Waals surface area (Å²) in [6.45, 7) is 5.61. The third-order valence-electron chi connectivity index (χ3n) is 2.77. The first-order valence-corrected chi connectivity index (χ1v) is 6.15. The molecule has 2 aromatic rings. The SMILES string of the molecule is CCN[C@H](C)CNC(=O)c1ccc2nccn2c1.Cl.Cl. The fourth-order valence-corrected chi connectivity index (χ4v) is 1.82. The molecular formula is C13H20Cl2N4O.